The zero-order valence-electron chi connectivity index (χ0n) is 12.8. The summed E-state index contributed by atoms with van der Waals surface area (Å²) in [6.45, 7) is 4.07. The highest BCUT2D eigenvalue weighted by Gasteiger charge is 2.30. The molecule has 1 aliphatic rings. The highest BCUT2D eigenvalue weighted by atomic mass is 32.1. The number of pyridine rings is 1. The summed E-state index contributed by atoms with van der Waals surface area (Å²) in [4.78, 5) is 8.79. The molecule has 0 spiro atoms. The van der Waals surface area contributed by atoms with Gasteiger partial charge in [0.05, 0.1) is 6.54 Å². The minimum absolute atomic E-state index is 0.675. The number of anilines is 1. The molecular formula is C17H23N3S. The monoisotopic (exact) mass is 301 g/mol. The van der Waals surface area contributed by atoms with Crippen molar-refractivity contribution in [2.45, 2.75) is 45.3 Å². The van der Waals surface area contributed by atoms with E-state index in [1.54, 1.807) is 0 Å². The second-order valence-corrected chi connectivity index (χ2v) is 6.68. The predicted molar refractivity (Wildman–Crippen MR) is 89.9 cm³/mol. The summed E-state index contributed by atoms with van der Waals surface area (Å²) in [6.07, 6.45) is 3.58. The molecule has 1 saturated carbocycles. The van der Waals surface area contributed by atoms with Crippen molar-refractivity contribution in [3.8, 4) is 0 Å². The number of hydrogen-bond donors (Lipinski definition) is 1. The van der Waals surface area contributed by atoms with E-state index in [0.717, 1.165) is 25.3 Å². The molecule has 2 heterocycles. The van der Waals surface area contributed by atoms with Gasteiger partial charge in [0, 0.05) is 23.2 Å². The Morgan fingerprint density at radius 1 is 1.38 bits per heavy atom. The Hall–Kier alpha value is -1.39. The van der Waals surface area contributed by atoms with Gasteiger partial charge < -0.3 is 10.2 Å². The average Bonchev–Trinajstić information content (AvgIpc) is 3.21. The average molecular weight is 301 g/mol. The molecule has 0 bridgehead atoms. The fraction of sp³-hybridized carbons (Fsp3) is 0.471. The molecule has 0 aliphatic heterocycles. The van der Waals surface area contributed by atoms with E-state index in [1.807, 2.05) is 18.4 Å². The lowest BCUT2D eigenvalue weighted by Gasteiger charge is -2.24. The zero-order chi connectivity index (χ0) is 14.7. The molecule has 2 aromatic heterocycles. The Balaban J connectivity index is 1.88. The standard InChI is InChI=1S/C17H23N3S/c1-3-14-9-13(11-18-2)10-17(19-14)20(15-6-7-15)12-16-5-4-8-21-16/h4-5,8-10,15,18H,3,6-7,11-12H2,1-2H3. The van der Waals surface area contributed by atoms with Gasteiger partial charge in [0.25, 0.3) is 0 Å². The molecule has 112 valence electrons. The fourth-order valence-corrected chi connectivity index (χ4v) is 3.32. The molecule has 0 saturated heterocycles. The molecule has 0 atom stereocenters. The smallest absolute Gasteiger partial charge is 0.129 e. The summed E-state index contributed by atoms with van der Waals surface area (Å²) in [5.41, 5.74) is 2.52. The molecule has 4 heteroatoms. The van der Waals surface area contributed by atoms with Gasteiger partial charge in [-0.3, -0.25) is 0 Å². The number of nitrogens with one attached hydrogen (secondary N) is 1. The summed E-state index contributed by atoms with van der Waals surface area (Å²) >= 11 is 1.83. The molecule has 0 amide bonds. The Kier molecular flexibility index (Phi) is 4.56. The van der Waals surface area contributed by atoms with Crippen LogP contribution in [0, 0.1) is 0 Å². The van der Waals surface area contributed by atoms with Crippen molar-refractivity contribution in [1.82, 2.24) is 10.3 Å². The third kappa shape index (κ3) is 3.63. The maximum absolute atomic E-state index is 4.88. The molecule has 3 nitrogen and oxygen atoms in total. The molecule has 2 aromatic rings. The number of nitrogens with zero attached hydrogens (tertiary/aromatic N) is 2. The largest absolute Gasteiger partial charge is 0.348 e. The fourth-order valence-electron chi connectivity index (χ4n) is 2.62. The van der Waals surface area contributed by atoms with Crippen molar-refractivity contribution in [1.29, 1.82) is 0 Å². The minimum Gasteiger partial charge on any atom is -0.348 e. The van der Waals surface area contributed by atoms with Gasteiger partial charge in [-0.2, -0.15) is 0 Å². The van der Waals surface area contributed by atoms with Gasteiger partial charge >= 0.3 is 0 Å². The number of rotatable bonds is 7. The van der Waals surface area contributed by atoms with Crippen molar-refractivity contribution < 1.29 is 0 Å². The molecule has 0 radical (unpaired) electrons. The van der Waals surface area contributed by atoms with Crippen molar-refractivity contribution in [3.63, 3.8) is 0 Å². The van der Waals surface area contributed by atoms with Gasteiger partial charge in [-0.05, 0) is 55.5 Å². The van der Waals surface area contributed by atoms with Gasteiger partial charge in [0.1, 0.15) is 5.82 Å². The van der Waals surface area contributed by atoms with Gasteiger partial charge in [-0.15, -0.1) is 11.3 Å². The maximum atomic E-state index is 4.88. The summed E-state index contributed by atoms with van der Waals surface area (Å²) < 4.78 is 0. The van der Waals surface area contributed by atoms with E-state index in [9.17, 15) is 0 Å². The Morgan fingerprint density at radius 2 is 2.24 bits per heavy atom. The summed E-state index contributed by atoms with van der Waals surface area (Å²) in [6, 6.07) is 9.50. The number of aromatic nitrogens is 1. The van der Waals surface area contributed by atoms with Crippen LogP contribution in [0.25, 0.3) is 0 Å². The van der Waals surface area contributed by atoms with E-state index in [2.05, 4.69) is 46.8 Å². The molecule has 1 fully saturated rings. The lowest BCUT2D eigenvalue weighted by Crippen LogP contribution is -2.26. The maximum Gasteiger partial charge on any atom is 0.129 e. The normalized spacial score (nSPS) is 14.4. The zero-order valence-corrected chi connectivity index (χ0v) is 13.6. The van der Waals surface area contributed by atoms with Crippen LogP contribution in [0.2, 0.25) is 0 Å². The van der Waals surface area contributed by atoms with Gasteiger partial charge in [-0.1, -0.05) is 13.0 Å². The summed E-state index contributed by atoms with van der Waals surface area (Å²) in [5, 5.41) is 5.40. The van der Waals surface area contributed by atoms with Crippen LogP contribution in [0.4, 0.5) is 5.82 Å². The second-order valence-electron chi connectivity index (χ2n) is 5.65. The van der Waals surface area contributed by atoms with E-state index >= 15 is 0 Å². The second kappa shape index (κ2) is 6.58. The van der Waals surface area contributed by atoms with Crippen molar-refractivity contribution in [2.24, 2.45) is 0 Å². The van der Waals surface area contributed by atoms with E-state index in [4.69, 9.17) is 4.98 Å². The lowest BCUT2D eigenvalue weighted by atomic mass is 10.2. The van der Waals surface area contributed by atoms with Crippen LogP contribution in [0.3, 0.4) is 0 Å². The van der Waals surface area contributed by atoms with E-state index in [1.165, 1.54) is 29.0 Å². The first-order chi connectivity index (χ1) is 10.3. The number of thiophene rings is 1. The van der Waals surface area contributed by atoms with Crippen LogP contribution in [-0.2, 0) is 19.5 Å². The van der Waals surface area contributed by atoms with Gasteiger partial charge in [0.2, 0.25) is 0 Å². The van der Waals surface area contributed by atoms with E-state index < -0.39 is 0 Å². The molecule has 21 heavy (non-hydrogen) atoms. The topological polar surface area (TPSA) is 28.2 Å². The van der Waals surface area contributed by atoms with Gasteiger partial charge in [0.15, 0.2) is 0 Å². The van der Waals surface area contributed by atoms with Gasteiger partial charge in [-0.25, -0.2) is 4.98 Å². The first kappa shape index (κ1) is 14.5. The van der Waals surface area contributed by atoms with E-state index in [-0.39, 0.29) is 0 Å². The van der Waals surface area contributed by atoms with Crippen LogP contribution in [0.5, 0.6) is 0 Å². The van der Waals surface area contributed by atoms with E-state index in [0.29, 0.717) is 6.04 Å². The third-order valence-electron chi connectivity index (χ3n) is 3.86. The van der Waals surface area contributed by atoms with Crippen molar-refractivity contribution in [2.75, 3.05) is 11.9 Å². The highest BCUT2D eigenvalue weighted by Crippen LogP contribution is 2.33. The summed E-state index contributed by atoms with van der Waals surface area (Å²) in [5.74, 6) is 1.15. The minimum atomic E-state index is 0.675. The lowest BCUT2D eigenvalue weighted by molar-refractivity contribution is 0.769. The molecule has 1 N–H and O–H groups in total. The summed E-state index contributed by atoms with van der Waals surface area (Å²) in [7, 11) is 2.00. The first-order valence-electron chi connectivity index (χ1n) is 7.73. The number of hydrogen-bond acceptors (Lipinski definition) is 4. The Morgan fingerprint density at radius 3 is 2.86 bits per heavy atom. The van der Waals surface area contributed by atoms with Crippen LogP contribution < -0.4 is 10.2 Å². The van der Waals surface area contributed by atoms with Crippen LogP contribution in [-0.4, -0.2) is 18.1 Å². The van der Waals surface area contributed by atoms with Crippen molar-refractivity contribution in [3.05, 3.63) is 45.8 Å². The van der Waals surface area contributed by atoms with Crippen molar-refractivity contribution >= 4 is 17.2 Å². The van der Waals surface area contributed by atoms with Crippen LogP contribution in [0.15, 0.2) is 29.6 Å². The molecule has 0 aromatic carbocycles. The van der Waals surface area contributed by atoms with Crippen LogP contribution >= 0.6 is 11.3 Å². The Labute approximate surface area is 131 Å². The third-order valence-corrected chi connectivity index (χ3v) is 4.72. The SMILES string of the molecule is CCc1cc(CNC)cc(N(Cc2cccs2)C2CC2)n1. The molecular weight excluding hydrogens is 278 g/mol. The molecule has 0 unspecified atom stereocenters. The quantitative estimate of drug-likeness (QED) is 0.847. The van der Waals surface area contributed by atoms with Crippen LogP contribution in [0.1, 0.15) is 35.9 Å². The number of aryl methyl sites for hydroxylation is 1. The Bertz CT molecular complexity index is 576. The molecule has 1 aliphatic carbocycles. The molecule has 3 rings (SSSR count). The first-order valence-corrected chi connectivity index (χ1v) is 8.61. The highest BCUT2D eigenvalue weighted by molar-refractivity contribution is 7.09. The predicted octanol–water partition coefficient (Wildman–Crippen LogP) is 3.59.